The smallest absolute Gasteiger partial charge is 0.366 e. The lowest BCUT2D eigenvalue weighted by Crippen LogP contribution is -2.44. The van der Waals surface area contributed by atoms with Gasteiger partial charge in [-0.05, 0) is 6.42 Å². The molecule has 7 heteroatoms. The van der Waals surface area contributed by atoms with Crippen molar-refractivity contribution in [3.8, 4) is 0 Å². The summed E-state index contributed by atoms with van der Waals surface area (Å²) in [5.41, 5.74) is 0. The first kappa shape index (κ1) is 13.9. The number of ether oxygens (including phenoxy) is 3. The van der Waals surface area contributed by atoms with Crippen LogP contribution in [0.15, 0.2) is 0 Å². The van der Waals surface area contributed by atoms with Gasteiger partial charge in [0.1, 0.15) is 13.2 Å². The van der Waals surface area contributed by atoms with Gasteiger partial charge in [0.05, 0.1) is 13.2 Å². The third kappa shape index (κ3) is 4.29. The summed E-state index contributed by atoms with van der Waals surface area (Å²) in [6.45, 7) is -0.677. The topological polar surface area (TPSA) is 102 Å². The number of carbonyl (C=O) groups is 2. The summed E-state index contributed by atoms with van der Waals surface area (Å²) in [5, 5.41) is 18.5. The van der Waals surface area contributed by atoms with Gasteiger partial charge in [0, 0.05) is 12.8 Å². The third-order valence-corrected chi connectivity index (χ3v) is 2.23. The van der Waals surface area contributed by atoms with Crippen LogP contribution >= 0.6 is 0 Å². The van der Waals surface area contributed by atoms with Gasteiger partial charge in [0.15, 0.2) is 0 Å². The molecule has 0 spiro atoms. The van der Waals surface area contributed by atoms with Crippen LogP contribution in [-0.2, 0) is 23.8 Å². The van der Waals surface area contributed by atoms with E-state index in [2.05, 4.69) is 0 Å². The summed E-state index contributed by atoms with van der Waals surface area (Å²) >= 11 is 0. The fraction of sp³-hybridized carbons (Fsp3) is 0.800. The SMILES string of the molecule is O=C1CCCC(O)(OCCO)C(=O)OCCO1. The Balaban J connectivity index is 2.62. The van der Waals surface area contributed by atoms with Gasteiger partial charge in [-0.3, -0.25) is 4.79 Å². The molecule has 7 nitrogen and oxygen atoms in total. The van der Waals surface area contributed by atoms with Gasteiger partial charge in [-0.15, -0.1) is 0 Å². The van der Waals surface area contributed by atoms with E-state index in [0.29, 0.717) is 0 Å². The minimum atomic E-state index is -2.10. The standard InChI is InChI=1S/C10H16O7/c11-4-5-17-10(14)3-1-2-8(12)15-6-7-16-9(10)13/h11,14H,1-7H2. The molecule has 1 rings (SSSR count). The van der Waals surface area contributed by atoms with Crippen LogP contribution in [0.1, 0.15) is 19.3 Å². The third-order valence-electron chi connectivity index (χ3n) is 2.23. The highest BCUT2D eigenvalue weighted by Crippen LogP contribution is 2.19. The second-order valence-electron chi connectivity index (χ2n) is 3.57. The molecule has 1 aliphatic heterocycles. The molecule has 0 bridgehead atoms. The summed E-state index contributed by atoms with van der Waals surface area (Å²) in [6.07, 6.45) is 0.245. The van der Waals surface area contributed by atoms with Crippen molar-refractivity contribution in [2.24, 2.45) is 0 Å². The van der Waals surface area contributed by atoms with Crippen LogP contribution in [0.3, 0.4) is 0 Å². The molecule has 0 radical (unpaired) electrons. The monoisotopic (exact) mass is 248 g/mol. The molecule has 1 saturated heterocycles. The Morgan fingerprint density at radius 1 is 1.29 bits per heavy atom. The maximum atomic E-state index is 11.5. The quantitative estimate of drug-likeness (QED) is 0.485. The van der Waals surface area contributed by atoms with Crippen molar-refractivity contribution in [2.75, 3.05) is 26.4 Å². The van der Waals surface area contributed by atoms with Gasteiger partial charge in [-0.1, -0.05) is 0 Å². The van der Waals surface area contributed by atoms with Gasteiger partial charge in [-0.25, -0.2) is 4.79 Å². The maximum Gasteiger partial charge on any atom is 0.366 e. The normalized spacial score (nSPS) is 27.2. The number of hydrogen-bond donors (Lipinski definition) is 2. The summed E-state index contributed by atoms with van der Waals surface area (Å²) in [6, 6.07) is 0. The lowest BCUT2D eigenvalue weighted by atomic mass is 10.1. The number of carbonyl (C=O) groups excluding carboxylic acids is 2. The molecule has 17 heavy (non-hydrogen) atoms. The van der Waals surface area contributed by atoms with E-state index < -0.39 is 17.7 Å². The Bertz CT molecular complexity index is 278. The molecular weight excluding hydrogens is 232 g/mol. The lowest BCUT2D eigenvalue weighted by molar-refractivity contribution is -0.235. The molecule has 0 aromatic heterocycles. The average molecular weight is 248 g/mol. The molecule has 0 amide bonds. The van der Waals surface area contributed by atoms with E-state index in [1.807, 2.05) is 0 Å². The van der Waals surface area contributed by atoms with Crippen molar-refractivity contribution in [1.82, 2.24) is 0 Å². The van der Waals surface area contributed by atoms with Crippen LogP contribution in [-0.4, -0.2) is 54.4 Å². The molecule has 0 saturated carbocycles. The van der Waals surface area contributed by atoms with Crippen molar-refractivity contribution < 1.29 is 34.0 Å². The van der Waals surface area contributed by atoms with Gasteiger partial charge in [0.25, 0.3) is 5.79 Å². The number of hydrogen-bond acceptors (Lipinski definition) is 7. The zero-order chi connectivity index (χ0) is 12.7. The molecule has 0 aromatic rings. The number of esters is 2. The van der Waals surface area contributed by atoms with E-state index in [1.54, 1.807) is 0 Å². The summed E-state index contributed by atoms with van der Waals surface area (Å²) in [7, 11) is 0. The van der Waals surface area contributed by atoms with Crippen LogP contribution in [0.25, 0.3) is 0 Å². The first-order valence-corrected chi connectivity index (χ1v) is 5.38. The molecular formula is C10H16O7. The van der Waals surface area contributed by atoms with Gasteiger partial charge < -0.3 is 24.4 Å². The lowest BCUT2D eigenvalue weighted by Gasteiger charge is -2.26. The Hall–Kier alpha value is -1.18. The van der Waals surface area contributed by atoms with Crippen LogP contribution < -0.4 is 0 Å². The van der Waals surface area contributed by atoms with Gasteiger partial charge in [-0.2, -0.15) is 0 Å². The summed E-state index contributed by atoms with van der Waals surface area (Å²) in [5.74, 6) is -3.43. The fourth-order valence-electron chi connectivity index (χ4n) is 1.39. The predicted molar refractivity (Wildman–Crippen MR) is 53.8 cm³/mol. The summed E-state index contributed by atoms with van der Waals surface area (Å²) in [4.78, 5) is 22.6. The first-order chi connectivity index (χ1) is 8.08. The second kappa shape index (κ2) is 6.53. The molecule has 98 valence electrons. The molecule has 1 fully saturated rings. The zero-order valence-electron chi connectivity index (χ0n) is 9.39. The van der Waals surface area contributed by atoms with E-state index in [4.69, 9.17) is 19.3 Å². The van der Waals surface area contributed by atoms with E-state index in [-0.39, 0.29) is 45.7 Å². The van der Waals surface area contributed by atoms with Crippen molar-refractivity contribution in [1.29, 1.82) is 0 Å². The fourth-order valence-corrected chi connectivity index (χ4v) is 1.39. The first-order valence-electron chi connectivity index (χ1n) is 5.38. The van der Waals surface area contributed by atoms with Crippen molar-refractivity contribution in [3.63, 3.8) is 0 Å². The van der Waals surface area contributed by atoms with Crippen molar-refractivity contribution >= 4 is 11.9 Å². The molecule has 2 N–H and O–H groups in total. The maximum absolute atomic E-state index is 11.5. The van der Waals surface area contributed by atoms with Gasteiger partial charge >= 0.3 is 11.9 Å². The summed E-state index contributed by atoms with van der Waals surface area (Å²) < 4.78 is 14.3. The Labute approximate surface area is 98.3 Å². The van der Waals surface area contributed by atoms with Crippen LogP contribution in [0, 0.1) is 0 Å². The van der Waals surface area contributed by atoms with Crippen molar-refractivity contribution in [3.05, 3.63) is 0 Å². The van der Waals surface area contributed by atoms with E-state index in [9.17, 15) is 14.7 Å². The van der Waals surface area contributed by atoms with E-state index in [1.165, 1.54) is 0 Å². The number of aliphatic hydroxyl groups excluding tert-OH is 1. The molecule has 1 aliphatic rings. The van der Waals surface area contributed by atoms with E-state index >= 15 is 0 Å². The van der Waals surface area contributed by atoms with Gasteiger partial charge in [0.2, 0.25) is 0 Å². The minimum absolute atomic E-state index is 0.0410. The molecule has 0 aromatic carbocycles. The Kier molecular flexibility index (Phi) is 5.33. The predicted octanol–water partition coefficient (Wildman–Crippen LogP) is -1.05. The molecule has 1 atom stereocenters. The second-order valence-corrected chi connectivity index (χ2v) is 3.57. The average Bonchev–Trinajstić information content (AvgIpc) is 2.31. The minimum Gasteiger partial charge on any atom is -0.462 e. The Morgan fingerprint density at radius 3 is 2.71 bits per heavy atom. The highest BCUT2D eigenvalue weighted by molar-refractivity contribution is 5.78. The highest BCUT2D eigenvalue weighted by Gasteiger charge is 2.39. The molecule has 0 aliphatic carbocycles. The number of aliphatic hydroxyl groups is 2. The number of cyclic esters (lactones) is 2. The van der Waals surface area contributed by atoms with E-state index in [0.717, 1.165) is 0 Å². The van der Waals surface area contributed by atoms with Crippen LogP contribution in [0.4, 0.5) is 0 Å². The number of rotatable bonds is 3. The molecule has 1 unspecified atom stereocenters. The highest BCUT2D eigenvalue weighted by atomic mass is 16.7. The van der Waals surface area contributed by atoms with Crippen molar-refractivity contribution in [2.45, 2.75) is 25.0 Å². The van der Waals surface area contributed by atoms with Crippen LogP contribution in [0.5, 0.6) is 0 Å². The molecule has 1 heterocycles. The Morgan fingerprint density at radius 2 is 2.00 bits per heavy atom. The van der Waals surface area contributed by atoms with Crippen LogP contribution in [0.2, 0.25) is 0 Å². The zero-order valence-corrected chi connectivity index (χ0v) is 9.39. The largest absolute Gasteiger partial charge is 0.462 e.